The van der Waals surface area contributed by atoms with E-state index in [2.05, 4.69) is 5.10 Å². The standard InChI is InChI=1S/C14H10N2O2S/c1-16-13-10(8-15-16)11(17)7-12(14(13)18)19-9-5-3-2-4-6-9/h2-8H,1H3. The van der Waals surface area contributed by atoms with Gasteiger partial charge in [0.15, 0.2) is 5.78 Å². The quantitative estimate of drug-likeness (QED) is 0.841. The summed E-state index contributed by atoms with van der Waals surface area (Å²) in [4.78, 5) is 25.7. The lowest BCUT2D eigenvalue weighted by Crippen LogP contribution is -2.17. The SMILES string of the molecule is Cn1ncc2c1C(=O)C(Sc1ccccc1)=CC2=O. The van der Waals surface area contributed by atoms with Crippen LogP contribution in [0, 0.1) is 0 Å². The molecule has 1 aliphatic carbocycles. The molecule has 19 heavy (non-hydrogen) atoms. The highest BCUT2D eigenvalue weighted by molar-refractivity contribution is 8.04. The molecule has 0 bridgehead atoms. The molecule has 2 aromatic rings. The first-order chi connectivity index (χ1) is 9.16. The minimum Gasteiger partial charge on any atom is -0.289 e. The number of aryl methyl sites for hydroxylation is 1. The van der Waals surface area contributed by atoms with E-state index in [1.807, 2.05) is 30.3 Å². The van der Waals surface area contributed by atoms with E-state index in [1.54, 1.807) is 7.05 Å². The van der Waals surface area contributed by atoms with Crippen molar-refractivity contribution in [3.63, 3.8) is 0 Å². The van der Waals surface area contributed by atoms with Gasteiger partial charge in [-0.3, -0.25) is 14.3 Å². The fourth-order valence-corrected chi connectivity index (χ4v) is 2.86. The summed E-state index contributed by atoms with van der Waals surface area (Å²) in [7, 11) is 1.67. The number of Topliss-reactive ketones (excluding diaryl/α,β-unsaturated/α-hetero) is 1. The maximum absolute atomic E-state index is 12.3. The number of allylic oxidation sites excluding steroid dienone is 2. The Hall–Kier alpha value is -2.14. The molecule has 1 aromatic heterocycles. The number of carbonyl (C=O) groups is 2. The van der Waals surface area contributed by atoms with Crippen molar-refractivity contribution in [1.29, 1.82) is 0 Å². The molecule has 0 unspecified atom stereocenters. The number of ketones is 2. The van der Waals surface area contributed by atoms with Crippen LogP contribution in [-0.2, 0) is 7.05 Å². The number of aromatic nitrogens is 2. The number of thioether (sulfide) groups is 1. The van der Waals surface area contributed by atoms with Crippen LogP contribution in [0.15, 0.2) is 52.4 Å². The van der Waals surface area contributed by atoms with E-state index >= 15 is 0 Å². The number of nitrogens with zero attached hydrogens (tertiary/aromatic N) is 2. The van der Waals surface area contributed by atoms with Crippen molar-refractivity contribution >= 4 is 23.3 Å². The van der Waals surface area contributed by atoms with Crippen molar-refractivity contribution in [3.05, 3.63) is 58.8 Å². The lowest BCUT2D eigenvalue weighted by molar-refractivity contribution is 0.0986. The van der Waals surface area contributed by atoms with E-state index in [0.717, 1.165) is 4.90 Å². The maximum Gasteiger partial charge on any atom is 0.218 e. The van der Waals surface area contributed by atoms with Crippen LogP contribution in [0.4, 0.5) is 0 Å². The molecule has 0 radical (unpaired) electrons. The summed E-state index contributed by atoms with van der Waals surface area (Å²) in [6.45, 7) is 0. The second-order valence-corrected chi connectivity index (χ2v) is 5.26. The Balaban J connectivity index is 1.98. The number of carbonyl (C=O) groups excluding carboxylic acids is 2. The Labute approximate surface area is 114 Å². The van der Waals surface area contributed by atoms with E-state index in [-0.39, 0.29) is 11.6 Å². The monoisotopic (exact) mass is 270 g/mol. The van der Waals surface area contributed by atoms with Crippen molar-refractivity contribution in [1.82, 2.24) is 9.78 Å². The van der Waals surface area contributed by atoms with Crippen LogP contribution < -0.4 is 0 Å². The molecule has 1 aliphatic rings. The normalized spacial score (nSPS) is 14.3. The second-order valence-electron chi connectivity index (χ2n) is 4.15. The Bertz CT molecular complexity index is 701. The van der Waals surface area contributed by atoms with Crippen molar-refractivity contribution < 1.29 is 9.59 Å². The van der Waals surface area contributed by atoms with Crippen LogP contribution in [0.2, 0.25) is 0 Å². The van der Waals surface area contributed by atoms with Gasteiger partial charge in [-0.15, -0.1) is 0 Å². The molecule has 0 fully saturated rings. The summed E-state index contributed by atoms with van der Waals surface area (Å²) in [6.07, 6.45) is 2.83. The first-order valence-corrected chi connectivity index (χ1v) is 6.54. The topological polar surface area (TPSA) is 52.0 Å². The van der Waals surface area contributed by atoms with Gasteiger partial charge < -0.3 is 0 Å². The van der Waals surface area contributed by atoms with Gasteiger partial charge in [0.2, 0.25) is 5.78 Å². The second kappa shape index (κ2) is 4.51. The van der Waals surface area contributed by atoms with Crippen molar-refractivity contribution in [3.8, 4) is 0 Å². The Morgan fingerprint density at radius 2 is 1.89 bits per heavy atom. The smallest absolute Gasteiger partial charge is 0.218 e. The highest BCUT2D eigenvalue weighted by Gasteiger charge is 2.29. The first kappa shape index (κ1) is 11.9. The fraction of sp³-hybridized carbons (Fsp3) is 0.0714. The molecule has 5 heteroatoms. The van der Waals surface area contributed by atoms with E-state index in [1.165, 1.54) is 28.7 Å². The van der Waals surface area contributed by atoms with Crippen LogP contribution in [0.3, 0.4) is 0 Å². The van der Waals surface area contributed by atoms with E-state index in [9.17, 15) is 9.59 Å². The molecule has 0 N–H and O–H groups in total. The third-order valence-electron chi connectivity index (χ3n) is 2.88. The maximum atomic E-state index is 12.3. The minimum absolute atomic E-state index is 0.150. The molecule has 0 saturated carbocycles. The average Bonchev–Trinajstić information content (AvgIpc) is 2.80. The van der Waals surface area contributed by atoms with Gasteiger partial charge in [0.1, 0.15) is 5.69 Å². The summed E-state index contributed by atoms with van der Waals surface area (Å²) in [5, 5.41) is 3.97. The molecule has 4 nitrogen and oxygen atoms in total. The first-order valence-electron chi connectivity index (χ1n) is 5.72. The lowest BCUT2D eigenvalue weighted by Gasteiger charge is -2.12. The molecule has 1 heterocycles. The fourth-order valence-electron chi connectivity index (χ4n) is 1.96. The van der Waals surface area contributed by atoms with Gasteiger partial charge in [-0.05, 0) is 12.1 Å². The molecular formula is C14H10N2O2S. The van der Waals surface area contributed by atoms with Gasteiger partial charge in [0.05, 0.1) is 16.7 Å². The van der Waals surface area contributed by atoms with Gasteiger partial charge in [-0.2, -0.15) is 5.10 Å². The molecule has 1 aromatic carbocycles. The van der Waals surface area contributed by atoms with Crippen molar-refractivity contribution in [2.45, 2.75) is 4.90 Å². The summed E-state index contributed by atoms with van der Waals surface area (Å²) >= 11 is 1.30. The van der Waals surface area contributed by atoms with E-state index in [0.29, 0.717) is 16.2 Å². The summed E-state index contributed by atoms with van der Waals surface area (Å²) in [5.41, 5.74) is 0.746. The van der Waals surface area contributed by atoms with Gasteiger partial charge in [-0.1, -0.05) is 30.0 Å². The Morgan fingerprint density at radius 3 is 2.63 bits per heavy atom. The number of benzene rings is 1. The predicted molar refractivity (Wildman–Crippen MR) is 72.3 cm³/mol. The lowest BCUT2D eigenvalue weighted by atomic mass is 10.0. The number of fused-ring (bicyclic) bond motifs is 1. The van der Waals surface area contributed by atoms with Gasteiger partial charge in [0, 0.05) is 18.0 Å². The third kappa shape index (κ3) is 2.02. The number of hydrogen-bond acceptors (Lipinski definition) is 4. The molecule has 0 spiro atoms. The molecule has 0 saturated heterocycles. The van der Waals surface area contributed by atoms with Crippen molar-refractivity contribution in [2.24, 2.45) is 7.05 Å². The van der Waals surface area contributed by atoms with Crippen LogP contribution in [-0.4, -0.2) is 21.3 Å². The zero-order valence-electron chi connectivity index (χ0n) is 10.2. The summed E-state index contributed by atoms with van der Waals surface area (Å²) < 4.78 is 1.45. The minimum atomic E-state index is -0.166. The predicted octanol–water partition coefficient (Wildman–Crippen LogP) is 2.48. The Morgan fingerprint density at radius 1 is 1.16 bits per heavy atom. The molecule has 0 atom stereocenters. The average molecular weight is 270 g/mol. The van der Waals surface area contributed by atoms with Crippen molar-refractivity contribution in [2.75, 3.05) is 0 Å². The van der Waals surface area contributed by atoms with E-state index < -0.39 is 0 Å². The molecule has 3 rings (SSSR count). The van der Waals surface area contributed by atoms with E-state index in [4.69, 9.17) is 0 Å². The highest BCUT2D eigenvalue weighted by Crippen LogP contribution is 2.32. The molecule has 0 amide bonds. The van der Waals surface area contributed by atoms with Gasteiger partial charge in [-0.25, -0.2) is 0 Å². The molecular weight excluding hydrogens is 260 g/mol. The Kier molecular flexibility index (Phi) is 2.83. The number of rotatable bonds is 2. The summed E-state index contributed by atoms with van der Waals surface area (Å²) in [5.74, 6) is -0.315. The third-order valence-corrected chi connectivity index (χ3v) is 3.91. The zero-order chi connectivity index (χ0) is 13.4. The van der Waals surface area contributed by atoms with Crippen LogP contribution >= 0.6 is 11.8 Å². The van der Waals surface area contributed by atoms with Crippen LogP contribution in [0.25, 0.3) is 0 Å². The largest absolute Gasteiger partial charge is 0.289 e. The molecule has 0 aliphatic heterocycles. The van der Waals surface area contributed by atoms with Gasteiger partial charge in [0.25, 0.3) is 0 Å². The molecule has 94 valence electrons. The van der Waals surface area contributed by atoms with Crippen LogP contribution in [0.1, 0.15) is 20.8 Å². The number of hydrogen-bond donors (Lipinski definition) is 0. The van der Waals surface area contributed by atoms with Crippen LogP contribution in [0.5, 0.6) is 0 Å². The zero-order valence-corrected chi connectivity index (χ0v) is 11.0. The van der Waals surface area contributed by atoms with Gasteiger partial charge >= 0.3 is 0 Å². The highest BCUT2D eigenvalue weighted by atomic mass is 32.2. The summed E-state index contributed by atoms with van der Waals surface area (Å²) in [6, 6.07) is 9.51.